The predicted molar refractivity (Wildman–Crippen MR) is 66.9 cm³/mol. The lowest BCUT2D eigenvalue weighted by Crippen LogP contribution is -1.84. The molecule has 0 aliphatic heterocycles. The summed E-state index contributed by atoms with van der Waals surface area (Å²) < 4.78 is 0.807. The number of hydrogen-bond donors (Lipinski definition) is 0. The minimum absolute atomic E-state index is 0.807. The topological polar surface area (TPSA) is 0 Å². The highest BCUT2D eigenvalue weighted by molar-refractivity contribution is 8.03. The van der Waals surface area contributed by atoms with E-state index in [1.54, 1.807) is 11.8 Å². The summed E-state index contributed by atoms with van der Waals surface area (Å²) in [7, 11) is 0. The van der Waals surface area contributed by atoms with Gasteiger partial charge >= 0.3 is 0 Å². The summed E-state index contributed by atoms with van der Waals surface area (Å²) in [5.74, 6) is 0. The van der Waals surface area contributed by atoms with E-state index in [1.165, 1.54) is 0 Å². The first-order valence-corrected chi connectivity index (χ1v) is 5.86. The van der Waals surface area contributed by atoms with Crippen LogP contribution >= 0.6 is 23.4 Å². The van der Waals surface area contributed by atoms with Crippen molar-refractivity contribution >= 4 is 23.4 Å². The fraction of sp³-hybridized carbons (Fsp3) is 0. The smallest absolute Gasteiger partial charge is 0.0984 e. The molecule has 0 aliphatic carbocycles. The molecule has 0 nitrogen and oxygen atoms in total. The minimum Gasteiger partial charge on any atom is -0.0984 e. The van der Waals surface area contributed by atoms with Gasteiger partial charge in [-0.25, -0.2) is 0 Å². The summed E-state index contributed by atoms with van der Waals surface area (Å²) in [6.07, 6.45) is 0. The monoisotopic (exact) mass is 233 g/mol. The van der Waals surface area contributed by atoms with Crippen molar-refractivity contribution in [2.75, 3.05) is 0 Å². The van der Waals surface area contributed by atoms with Crippen LogP contribution in [0.2, 0.25) is 0 Å². The van der Waals surface area contributed by atoms with Crippen LogP contribution in [0.1, 0.15) is 5.56 Å². The molecule has 0 saturated carbocycles. The Morgan fingerprint density at radius 1 is 0.800 bits per heavy atom. The van der Waals surface area contributed by atoms with E-state index in [-0.39, 0.29) is 0 Å². The highest BCUT2D eigenvalue weighted by atomic mass is 35.5. The molecule has 0 unspecified atom stereocenters. The number of halogens is 1. The Balaban J connectivity index is 2.08. The maximum atomic E-state index is 6.22. The molecule has 0 bridgehead atoms. The third-order valence-corrected chi connectivity index (χ3v) is 3.32. The average Bonchev–Trinajstić information content (AvgIpc) is 2.31. The van der Waals surface area contributed by atoms with Crippen molar-refractivity contribution in [1.82, 2.24) is 0 Å². The van der Waals surface area contributed by atoms with Crippen LogP contribution < -0.4 is 0 Å². The molecule has 75 valence electrons. The first kappa shape index (κ1) is 10.6. The SMILES string of the molecule is Cl[C](Sc1ccccc1)c1ccccc1. The number of thioether (sulfide) groups is 1. The van der Waals surface area contributed by atoms with E-state index in [4.69, 9.17) is 11.6 Å². The van der Waals surface area contributed by atoms with Crippen molar-refractivity contribution in [3.8, 4) is 0 Å². The zero-order valence-electron chi connectivity index (χ0n) is 8.06. The molecule has 0 heterocycles. The van der Waals surface area contributed by atoms with Crippen LogP contribution in [0.25, 0.3) is 0 Å². The molecule has 0 fully saturated rings. The summed E-state index contributed by atoms with van der Waals surface area (Å²) in [5.41, 5.74) is 1.06. The summed E-state index contributed by atoms with van der Waals surface area (Å²) in [5, 5.41) is 0. The van der Waals surface area contributed by atoms with Crippen LogP contribution in [0.15, 0.2) is 65.6 Å². The molecule has 0 saturated heterocycles. The molecule has 0 amide bonds. The van der Waals surface area contributed by atoms with Gasteiger partial charge in [0.05, 0.1) is 0 Å². The molecule has 0 aliphatic rings. The van der Waals surface area contributed by atoms with E-state index in [1.807, 2.05) is 48.5 Å². The summed E-state index contributed by atoms with van der Waals surface area (Å²) in [6, 6.07) is 20.1. The van der Waals surface area contributed by atoms with E-state index in [0.29, 0.717) is 0 Å². The minimum atomic E-state index is 0.807. The van der Waals surface area contributed by atoms with Gasteiger partial charge in [0, 0.05) is 4.90 Å². The quantitative estimate of drug-likeness (QED) is 0.701. The Labute approximate surface area is 99.3 Å². The predicted octanol–water partition coefficient (Wildman–Crippen LogP) is 4.56. The van der Waals surface area contributed by atoms with E-state index in [2.05, 4.69) is 12.1 Å². The lowest BCUT2D eigenvalue weighted by atomic mass is 10.2. The molecule has 0 aromatic heterocycles. The molecule has 2 heteroatoms. The van der Waals surface area contributed by atoms with Gasteiger partial charge in [-0.05, 0) is 17.7 Å². The number of rotatable bonds is 3. The van der Waals surface area contributed by atoms with Crippen molar-refractivity contribution in [3.63, 3.8) is 0 Å². The van der Waals surface area contributed by atoms with Gasteiger partial charge in [0.15, 0.2) is 4.71 Å². The van der Waals surface area contributed by atoms with Crippen molar-refractivity contribution in [2.24, 2.45) is 0 Å². The number of hydrogen-bond acceptors (Lipinski definition) is 1. The standard InChI is InChI=1S/C13H10ClS/c14-13(11-7-3-1-4-8-11)15-12-9-5-2-6-10-12/h1-10H. The van der Waals surface area contributed by atoms with E-state index < -0.39 is 0 Å². The second kappa shape index (κ2) is 5.24. The second-order valence-electron chi connectivity index (χ2n) is 3.05. The lowest BCUT2D eigenvalue weighted by molar-refractivity contribution is 1.46. The Morgan fingerprint density at radius 3 is 1.93 bits per heavy atom. The van der Waals surface area contributed by atoms with Gasteiger partial charge in [-0.3, -0.25) is 0 Å². The molecule has 0 atom stereocenters. The van der Waals surface area contributed by atoms with E-state index in [9.17, 15) is 0 Å². The highest BCUT2D eigenvalue weighted by Gasteiger charge is 2.09. The van der Waals surface area contributed by atoms with Crippen molar-refractivity contribution in [1.29, 1.82) is 0 Å². The second-order valence-corrected chi connectivity index (χ2v) is 4.74. The molecule has 2 rings (SSSR count). The lowest BCUT2D eigenvalue weighted by Gasteiger charge is -2.07. The van der Waals surface area contributed by atoms with Crippen LogP contribution in [0.5, 0.6) is 0 Å². The maximum absolute atomic E-state index is 6.22. The molecule has 1 radical (unpaired) electrons. The van der Waals surface area contributed by atoms with Gasteiger partial charge in [-0.1, -0.05) is 71.9 Å². The van der Waals surface area contributed by atoms with Gasteiger partial charge in [0.25, 0.3) is 0 Å². The van der Waals surface area contributed by atoms with Gasteiger partial charge in [0.2, 0.25) is 0 Å². The maximum Gasteiger partial charge on any atom is 0.152 e. The van der Waals surface area contributed by atoms with Gasteiger partial charge in [-0.2, -0.15) is 0 Å². The van der Waals surface area contributed by atoms with Gasteiger partial charge < -0.3 is 0 Å². The average molecular weight is 234 g/mol. The molecule has 15 heavy (non-hydrogen) atoms. The Bertz CT molecular complexity index is 399. The first-order chi connectivity index (χ1) is 7.36. The fourth-order valence-corrected chi connectivity index (χ4v) is 2.37. The number of benzene rings is 2. The van der Waals surface area contributed by atoms with Crippen LogP contribution in [0.4, 0.5) is 0 Å². The molecule has 2 aromatic rings. The van der Waals surface area contributed by atoms with Crippen molar-refractivity contribution < 1.29 is 0 Å². The summed E-state index contributed by atoms with van der Waals surface area (Å²) >= 11 is 7.80. The summed E-state index contributed by atoms with van der Waals surface area (Å²) in [4.78, 5) is 1.16. The zero-order valence-corrected chi connectivity index (χ0v) is 9.63. The normalized spacial score (nSPS) is 10.5. The third-order valence-electron chi connectivity index (χ3n) is 1.95. The van der Waals surface area contributed by atoms with Crippen LogP contribution in [0, 0.1) is 4.71 Å². The molecule has 0 spiro atoms. The van der Waals surface area contributed by atoms with Gasteiger partial charge in [-0.15, -0.1) is 0 Å². The van der Waals surface area contributed by atoms with E-state index >= 15 is 0 Å². The fourth-order valence-electron chi connectivity index (χ4n) is 1.22. The van der Waals surface area contributed by atoms with Crippen molar-refractivity contribution in [3.05, 3.63) is 70.9 Å². The Kier molecular flexibility index (Phi) is 3.70. The molecular weight excluding hydrogens is 224 g/mol. The Hall–Kier alpha value is -0.920. The molecule has 2 aromatic carbocycles. The van der Waals surface area contributed by atoms with Crippen LogP contribution in [-0.4, -0.2) is 0 Å². The largest absolute Gasteiger partial charge is 0.152 e. The summed E-state index contributed by atoms with van der Waals surface area (Å²) in [6.45, 7) is 0. The van der Waals surface area contributed by atoms with Gasteiger partial charge in [0.1, 0.15) is 0 Å². The third kappa shape index (κ3) is 3.01. The molecule has 0 N–H and O–H groups in total. The Morgan fingerprint density at radius 2 is 1.33 bits per heavy atom. The van der Waals surface area contributed by atoms with Crippen LogP contribution in [-0.2, 0) is 0 Å². The highest BCUT2D eigenvalue weighted by Crippen LogP contribution is 2.36. The van der Waals surface area contributed by atoms with Crippen LogP contribution in [0.3, 0.4) is 0 Å². The van der Waals surface area contributed by atoms with E-state index in [0.717, 1.165) is 15.2 Å². The van der Waals surface area contributed by atoms with Crippen molar-refractivity contribution in [2.45, 2.75) is 4.90 Å². The zero-order chi connectivity index (χ0) is 10.5. The molecular formula is C13H10ClS. The first-order valence-electron chi connectivity index (χ1n) is 4.67.